The molecule has 0 spiro atoms. The highest BCUT2D eigenvalue weighted by atomic mass is 35.5. The SMILES string of the molecule is CCN1CCCC1CNC(N)=NCC(c1cccc(Cl)c1)N1CCOCC1. The number of nitrogens with zero attached hydrogens (tertiary/aromatic N) is 3. The third-order valence-corrected chi connectivity index (χ3v) is 5.81. The van der Waals surface area contributed by atoms with Gasteiger partial charge in [0.15, 0.2) is 5.96 Å². The van der Waals surface area contributed by atoms with E-state index < -0.39 is 0 Å². The van der Waals surface area contributed by atoms with Gasteiger partial charge in [-0.1, -0.05) is 30.7 Å². The Hall–Kier alpha value is -1.34. The van der Waals surface area contributed by atoms with Crippen molar-refractivity contribution < 1.29 is 4.74 Å². The molecule has 3 N–H and O–H groups in total. The van der Waals surface area contributed by atoms with Gasteiger partial charge in [0.05, 0.1) is 25.8 Å². The minimum absolute atomic E-state index is 0.159. The van der Waals surface area contributed by atoms with Crippen molar-refractivity contribution in [2.75, 3.05) is 52.5 Å². The van der Waals surface area contributed by atoms with Crippen molar-refractivity contribution in [3.8, 4) is 0 Å². The Morgan fingerprint density at radius 1 is 1.37 bits per heavy atom. The summed E-state index contributed by atoms with van der Waals surface area (Å²) in [5.41, 5.74) is 7.35. The van der Waals surface area contributed by atoms with Crippen LogP contribution in [0.2, 0.25) is 5.02 Å². The summed E-state index contributed by atoms with van der Waals surface area (Å²) in [6.45, 7) is 9.27. The molecule has 1 aromatic carbocycles. The first-order valence-electron chi connectivity index (χ1n) is 10.0. The van der Waals surface area contributed by atoms with Crippen LogP contribution in [0.1, 0.15) is 31.4 Å². The standard InChI is InChI=1S/C20H32ClN5O/c1-2-25-8-4-7-18(25)14-23-20(22)24-15-19(26-9-11-27-12-10-26)16-5-3-6-17(21)13-16/h3,5-6,13,18-19H,2,4,7-12,14-15H2,1H3,(H3,22,23,24). The number of benzene rings is 1. The number of ether oxygens (including phenoxy) is 1. The number of aliphatic imine (C=N–C) groups is 1. The lowest BCUT2D eigenvalue weighted by atomic mass is 10.0. The molecule has 2 atom stereocenters. The minimum Gasteiger partial charge on any atom is -0.379 e. The van der Waals surface area contributed by atoms with Gasteiger partial charge in [0.2, 0.25) is 0 Å². The molecule has 150 valence electrons. The zero-order valence-corrected chi connectivity index (χ0v) is 17.0. The first kappa shape index (κ1) is 20.4. The first-order valence-corrected chi connectivity index (χ1v) is 10.4. The van der Waals surface area contributed by atoms with E-state index in [0.717, 1.165) is 44.4 Å². The molecule has 2 aliphatic rings. The second kappa shape index (κ2) is 10.3. The zero-order chi connectivity index (χ0) is 19.1. The van der Waals surface area contributed by atoms with Crippen LogP contribution in [0.3, 0.4) is 0 Å². The lowest BCUT2D eigenvalue weighted by Crippen LogP contribution is -2.43. The average molecular weight is 394 g/mol. The fraction of sp³-hybridized carbons (Fsp3) is 0.650. The van der Waals surface area contributed by atoms with Gasteiger partial charge in [-0.15, -0.1) is 0 Å². The summed E-state index contributed by atoms with van der Waals surface area (Å²) in [6.07, 6.45) is 2.50. The average Bonchev–Trinajstić information content (AvgIpc) is 3.15. The molecular weight excluding hydrogens is 362 g/mol. The molecule has 0 amide bonds. The molecule has 0 aromatic heterocycles. The summed E-state index contributed by atoms with van der Waals surface area (Å²) in [5, 5.41) is 4.08. The van der Waals surface area contributed by atoms with Crippen LogP contribution in [0, 0.1) is 0 Å². The Balaban J connectivity index is 1.61. The second-order valence-electron chi connectivity index (χ2n) is 7.25. The van der Waals surface area contributed by atoms with E-state index in [1.807, 2.05) is 18.2 Å². The summed E-state index contributed by atoms with van der Waals surface area (Å²) in [7, 11) is 0. The Morgan fingerprint density at radius 3 is 2.93 bits per heavy atom. The van der Waals surface area contributed by atoms with Crippen molar-refractivity contribution in [2.45, 2.75) is 31.8 Å². The third kappa shape index (κ3) is 5.82. The lowest BCUT2D eigenvalue weighted by molar-refractivity contribution is 0.0180. The fourth-order valence-electron chi connectivity index (χ4n) is 4.04. The molecule has 27 heavy (non-hydrogen) atoms. The number of halogens is 1. The number of nitrogens with one attached hydrogen (secondary N) is 1. The lowest BCUT2D eigenvalue weighted by Gasteiger charge is -2.34. The molecule has 1 aromatic rings. The summed E-state index contributed by atoms with van der Waals surface area (Å²) >= 11 is 6.22. The molecule has 0 saturated carbocycles. The van der Waals surface area contributed by atoms with Crippen LogP contribution in [-0.2, 0) is 4.74 Å². The number of nitrogens with two attached hydrogens (primary N) is 1. The number of hydrogen-bond acceptors (Lipinski definition) is 4. The highest BCUT2D eigenvalue weighted by molar-refractivity contribution is 6.30. The first-order chi connectivity index (χ1) is 13.2. The molecule has 2 aliphatic heterocycles. The predicted octanol–water partition coefficient (Wildman–Crippen LogP) is 2.10. The second-order valence-corrected chi connectivity index (χ2v) is 7.69. The van der Waals surface area contributed by atoms with E-state index >= 15 is 0 Å². The molecule has 2 fully saturated rings. The van der Waals surface area contributed by atoms with Crippen LogP contribution < -0.4 is 11.1 Å². The molecule has 2 heterocycles. The van der Waals surface area contributed by atoms with E-state index in [1.54, 1.807) is 0 Å². The van der Waals surface area contributed by atoms with Gasteiger partial charge in [0, 0.05) is 30.7 Å². The van der Waals surface area contributed by atoms with E-state index in [9.17, 15) is 0 Å². The maximum atomic E-state index is 6.22. The highest BCUT2D eigenvalue weighted by Crippen LogP contribution is 2.24. The topological polar surface area (TPSA) is 66.1 Å². The van der Waals surface area contributed by atoms with Crippen molar-refractivity contribution in [3.05, 3.63) is 34.9 Å². The summed E-state index contributed by atoms with van der Waals surface area (Å²) < 4.78 is 5.51. The molecule has 6 nitrogen and oxygen atoms in total. The smallest absolute Gasteiger partial charge is 0.188 e. The quantitative estimate of drug-likeness (QED) is 0.548. The molecule has 3 rings (SSSR count). The third-order valence-electron chi connectivity index (χ3n) is 5.58. The van der Waals surface area contributed by atoms with Gasteiger partial charge >= 0.3 is 0 Å². The molecule has 2 unspecified atom stereocenters. The van der Waals surface area contributed by atoms with Gasteiger partial charge in [0.1, 0.15) is 0 Å². The summed E-state index contributed by atoms with van der Waals surface area (Å²) in [6, 6.07) is 8.76. The van der Waals surface area contributed by atoms with Crippen LogP contribution in [0.4, 0.5) is 0 Å². The largest absolute Gasteiger partial charge is 0.379 e. The van der Waals surface area contributed by atoms with Gasteiger partial charge in [0.25, 0.3) is 0 Å². The van der Waals surface area contributed by atoms with Gasteiger partial charge in [-0.25, -0.2) is 0 Å². The van der Waals surface area contributed by atoms with Gasteiger partial charge in [-0.3, -0.25) is 14.8 Å². The number of rotatable bonds is 7. The normalized spacial score (nSPS) is 23.5. The monoisotopic (exact) mass is 393 g/mol. The highest BCUT2D eigenvalue weighted by Gasteiger charge is 2.24. The fourth-order valence-corrected chi connectivity index (χ4v) is 4.24. The number of guanidine groups is 1. The van der Waals surface area contributed by atoms with Crippen LogP contribution in [0.15, 0.2) is 29.3 Å². The minimum atomic E-state index is 0.159. The van der Waals surface area contributed by atoms with Crippen molar-refractivity contribution in [2.24, 2.45) is 10.7 Å². The molecular formula is C20H32ClN5O. The molecule has 0 aliphatic carbocycles. The van der Waals surface area contributed by atoms with Crippen LogP contribution in [0.25, 0.3) is 0 Å². The number of likely N-dealkylation sites (tertiary alicyclic amines) is 1. The Labute approximate surface area is 167 Å². The molecule has 7 heteroatoms. The van der Waals surface area contributed by atoms with Crippen LogP contribution in [0.5, 0.6) is 0 Å². The molecule has 0 bridgehead atoms. The van der Waals surface area contributed by atoms with E-state index in [4.69, 9.17) is 22.1 Å². The van der Waals surface area contributed by atoms with Crippen LogP contribution >= 0.6 is 11.6 Å². The Bertz CT molecular complexity index is 620. The maximum Gasteiger partial charge on any atom is 0.188 e. The maximum absolute atomic E-state index is 6.22. The predicted molar refractivity (Wildman–Crippen MR) is 111 cm³/mol. The van der Waals surface area contributed by atoms with Gasteiger partial charge in [-0.2, -0.15) is 0 Å². The Kier molecular flexibility index (Phi) is 7.76. The van der Waals surface area contributed by atoms with Crippen molar-refractivity contribution in [1.29, 1.82) is 0 Å². The van der Waals surface area contributed by atoms with E-state index in [2.05, 4.69) is 33.1 Å². The number of hydrogen-bond donors (Lipinski definition) is 2. The van der Waals surface area contributed by atoms with Crippen molar-refractivity contribution in [1.82, 2.24) is 15.1 Å². The zero-order valence-electron chi connectivity index (χ0n) is 16.2. The van der Waals surface area contributed by atoms with Crippen LogP contribution in [-0.4, -0.2) is 74.3 Å². The summed E-state index contributed by atoms with van der Waals surface area (Å²) in [4.78, 5) is 9.56. The summed E-state index contributed by atoms with van der Waals surface area (Å²) in [5.74, 6) is 0.526. The Morgan fingerprint density at radius 2 is 2.19 bits per heavy atom. The van der Waals surface area contributed by atoms with Gasteiger partial charge in [-0.05, 0) is 43.6 Å². The number of likely N-dealkylation sites (N-methyl/N-ethyl adjacent to an activating group) is 1. The van der Waals surface area contributed by atoms with E-state index in [-0.39, 0.29) is 6.04 Å². The van der Waals surface area contributed by atoms with E-state index in [1.165, 1.54) is 24.9 Å². The molecule has 2 saturated heterocycles. The van der Waals surface area contributed by atoms with E-state index in [0.29, 0.717) is 18.5 Å². The molecule has 0 radical (unpaired) electrons. The van der Waals surface area contributed by atoms with Gasteiger partial charge < -0.3 is 15.8 Å². The number of morpholine rings is 1. The van der Waals surface area contributed by atoms with Crippen molar-refractivity contribution in [3.63, 3.8) is 0 Å². The van der Waals surface area contributed by atoms with Crippen molar-refractivity contribution >= 4 is 17.6 Å².